The number of allylic oxidation sites excluding steroid dienone is 1. The first-order valence-corrected chi connectivity index (χ1v) is 11.4. The van der Waals surface area contributed by atoms with Crippen molar-refractivity contribution in [3.05, 3.63) is 41.5 Å². The van der Waals surface area contributed by atoms with Crippen molar-refractivity contribution in [1.29, 1.82) is 0 Å². The van der Waals surface area contributed by atoms with E-state index >= 15 is 0 Å². The van der Waals surface area contributed by atoms with Gasteiger partial charge in [0.1, 0.15) is 18.5 Å². The normalized spacial score (nSPS) is 30.5. The number of β-amino-alcohol motifs (C(OH)–C–C–N with tert-alkyl or cyclic N) is 1. The Labute approximate surface area is 175 Å². The maximum Gasteiger partial charge on any atom is 0.119 e. The zero-order valence-corrected chi connectivity index (χ0v) is 18.3. The number of hydrogen-bond donors (Lipinski definition) is 1. The fourth-order valence-electron chi connectivity index (χ4n) is 5.24. The largest absolute Gasteiger partial charge is 0.491 e. The maximum absolute atomic E-state index is 10.3. The van der Waals surface area contributed by atoms with E-state index in [1.54, 1.807) is 0 Å². The lowest BCUT2D eigenvalue weighted by Crippen LogP contribution is -2.45. The van der Waals surface area contributed by atoms with E-state index in [4.69, 9.17) is 9.47 Å². The Balaban J connectivity index is 1.35. The molecule has 4 atom stereocenters. The highest BCUT2D eigenvalue weighted by atomic mass is 16.5. The maximum atomic E-state index is 10.3. The van der Waals surface area contributed by atoms with Gasteiger partial charge in [-0.25, -0.2) is 0 Å². The molecule has 0 saturated carbocycles. The minimum absolute atomic E-state index is 0.0912. The number of aliphatic hydroxyl groups excluding tert-OH is 1. The van der Waals surface area contributed by atoms with Gasteiger partial charge in [-0.15, -0.1) is 0 Å². The number of fused-ring (bicyclic) bond motifs is 2. The topological polar surface area (TPSA) is 41.9 Å². The summed E-state index contributed by atoms with van der Waals surface area (Å²) in [4.78, 5) is 2.34. The highest BCUT2D eigenvalue weighted by molar-refractivity contribution is 5.31. The Morgan fingerprint density at radius 2 is 1.90 bits per heavy atom. The van der Waals surface area contributed by atoms with Gasteiger partial charge in [-0.2, -0.15) is 0 Å². The first-order chi connectivity index (χ1) is 13.9. The summed E-state index contributed by atoms with van der Waals surface area (Å²) in [5, 5.41) is 10.3. The van der Waals surface area contributed by atoms with Gasteiger partial charge in [0.25, 0.3) is 0 Å². The van der Waals surface area contributed by atoms with Crippen LogP contribution in [0, 0.1) is 11.8 Å². The van der Waals surface area contributed by atoms with Crippen molar-refractivity contribution in [1.82, 2.24) is 4.90 Å². The molecule has 160 valence electrons. The standard InChI is InChI=1S/C25H37NO3/c1-18-7-10-20-15-23(18)24(29-25(20,2)3)19-8-11-22(12-9-19)28-17-21(27)16-26-13-5-4-6-14-26/h7-9,11-12,20-21,23-24,27H,4-6,10,13-17H2,1-3H3/t20-,21+,23-,24-/m1/s1. The Kier molecular flexibility index (Phi) is 6.33. The van der Waals surface area contributed by atoms with Crippen molar-refractivity contribution < 1.29 is 14.6 Å². The smallest absolute Gasteiger partial charge is 0.119 e. The molecule has 2 bridgehead atoms. The lowest BCUT2D eigenvalue weighted by atomic mass is 9.69. The van der Waals surface area contributed by atoms with Crippen molar-refractivity contribution in [2.45, 2.75) is 70.7 Å². The summed E-state index contributed by atoms with van der Waals surface area (Å²) in [5.74, 6) is 1.90. The van der Waals surface area contributed by atoms with Crippen LogP contribution >= 0.6 is 0 Å². The van der Waals surface area contributed by atoms with E-state index in [0.717, 1.165) is 25.3 Å². The number of aliphatic hydroxyl groups is 1. The van der Waals surface area contributed by atoms with Crippen LogP contribution in [-0.4, -0.2) is 48.0 Å². The lowest BCUT2D eigenvalue weighted by molar-refractivity contribution is -0.166. The molecule has 2 saturated heterocycles. The number of hydrogen-bond acceptors (Lipinski definition) is 4. The molecule has 4 rings (SSSR count). The molecule has 1 aromatic carbocycles. The Morgan fingerprint density at radius 3 is 2.62 bits per heavy atom. The van der Waals surface area contributed by atoms with Gasteiger partial charge >= 0.3 is 0 Å². The molecule has 0 aromatic heterocycles. The molecule has 1 aliphatic carbocycles. The number of rotatable bonds is 6. The Bertz CT molecular complexity index is 705. The van der Waals surface area contributed by atoms with Crippen LogP contribution < -0.4 is 4.74 Å². The van der Waals surface area contributed by atoms with E-state index in [1.807, 2.05) is 12.1 Å². The fourth-order valence-corrected chi connectivity index (χ4v) is 5.24. The van der Waals surface area contributed by atoms with E-state index < -0.39 is 6.10 Å². The predicted molar refractivity (Wildman–Crippen MR) is 116 cm³/mol. The summed E-state index contributed by atoms with van der Waals surface area (Å²) < 4.78 is 12.5. The van der Waals surface area contributed by atoms with E-state index in [9.17, 15) is 5.11 Å². The van der Waals surface area contributed by atoms with Crippen LogP contribution in [0.4, 0.5) is 0 Å². The molecule has 3 aliphatic rings. The van der Waals surface area contributed by atoms with E-state index in [-0.39, 0.29) is 11.7 Å². The molecule has 2 fully saturated rings. The number of nitrogens with zero attached hydrogens (tertiary/aromatic N) is 1. The molecular weight excluding hydrogens is 362 g/mol. The van der Waals surface area contributed by atoms with Crippen LogP contribution in [0.3, 0.4) is 0 Å². The number of piperidine rings is 1. The monoisotopic (exact) mass is 399 g/mol. The molecule has 0 spiro atoms. The SMILES string of the molecule is CC1=CC[C@@H]2C[C@H]1[C@@H](c1ccc(OC[C@@H](O)CN3CCCCC3)cc1)OC2(C)C. The van der Waals surface area contributed by atoms with Gasteiger partial charge < -0.3 is 19.5 Å². The van der Waals surface area contributed by atoms with Gasteiger partial charge in [0.15, 0.2) is 0 Å². The number of ether oxygens (including phenoxy) is 2. The van der Waals surface area contributed by atoms with Crippen molar-refractivity contribution in [2.75, 3.05) is 26.2 Å². The van der Waals surface area contributed by atoms with E-state index in [1.165, 1.54) is 36.8 Å². The highest BCUT2D eigenvalue weighted by Gasteiger charge is 2.45. The third kappa shape index (κ3) is 4.87. The summed E-state index contributed by atoms with van der Waals surface area (Å²) in [6.07, 6.45) is 8.22. The van der Waals surface area contributed by atoms with Crippen LogP contribution in [0.1, 0.15) is 64.5 Å². The van der Waals surface area contributed by atoms with Crippen LogP contribution in [0.15, 0.2) is 35.9 Å². The molecule has 0 unspecified atom stereocenters. The van der Waals surface area contributed by atoms with Crippen LogP contribution in [0.5, 0.6) is 5.75 Å². The second kappa shape index (κ2) is 8.79. The first-order valence-electron chi connectivity index (χ1n) is 11.4. The molecule has 2 heterocycles. The summed E-state index contributed by atoms with van der Waals surface area (Å²) in [6, 6.07) is 8.31. The summed E-state index contributed by atoms with van der Waals surface area (Å²) in [5.41, 5.74) is 2.59. The zero-order chi connectivity index (χ0) is 20.4. The average Bonchev–Trinajstić information content (AvgIpc) is 2.72. The van der Waals surface area contributed by atoms with Crippen molar-refractivity contribution >= 4 is 0 Å². The molecular formula is C25H37NO3. The molecule has 4 nitrogen and oxygen atoms in total. The fraction of sp³-hybridized carbons (Fsp3) is 0.680. The molecule has 29 heavy (non-hydrogen) atoms. The minimum Gasteiger partial charge on any atom is -0.491 e. The average molecular weight is 400 g/mol. The molecule has 1 aromatic rings. The quantitative estimate of drug-likeness (QED) is 0.702. The molecule has 0 radical (unpaired) electrons. The minimum atomic E-state index is -0.442. The number of benzene rings is 1. The molecule has 1 N–H and O–H groups in total. The summed E-state index contributed by atoms with van der Waals surface area (Å²) in [6.45, 7) is 9.95. The third-order valence-corrected chi connectivity index (χ3v) is 7.20. The third-order valence-electron chi connectivity index (χ3n) is 7.20. The van der Waals surface area contributed by atoms with Gasteiger partial charge in [0, 0.05) is 12.5 Å². The van der Waals surface area contributed by atoms with E-state index in [0.29, 0.717) is 25.0 Å². The second-order valence-corrected chi connectivity index (χ2v) is 9.76. The van der Waals surface area contributed by atoms with Crippen LogP contribution in [-0.2, 0) is 4.74 Å². The predicted octanol–water partition coefficient (Wildman–Crippen LogP) is 4.73. The van der Waals surface area contributed by atoms with Gasteiger partial charge in [0.05, 0.1) is 11.7 Å². The van der Waals surface area contributed by atoms with E-state index in [2.05, 4.69) is 43.9 Å². The Morgan fingerprint density at radius 1 is 1.17 bits per heavy atom. The highest BCUT2D eigenvalue weighted by Crippen LogP contribution is 2.50. The molecule has 2 aliphatic heterocycles. The second-order valence-electron chi connectivity index (χ2n) is 9.76. The van der Waals surface area contributed by atoms with Gasteiger partial charge in [-0.3, -0.25) is 0 Å². The Hall–Kier alpha value is -1.36. The van der Waals surface area contributed by atoms with Crippen molar-refractivity contribution in [2.24, 2.45) is 11.8 Å². The van der Waals surface area contributed by atoms with Gasteiger partial charge in [-0.05, 0) is 83.2 Å². The first kappa shape index (κ1) is 20.9. The van der Waals surface area contributed by atoms with Crippen molar-refractivity contribution in [3.63, 3.8) is 0 Å². The summed E-state index contributed by atoms with van der Waals surface area (Å²) >= 11 is 0. The van der Waals surface area contributed by atoms with Crippen LogP contribution in [0.2, 0.25) is 0 Å². The summed E-state index contributed by atoms with van der Waals surface area (Å²) in [7, 11) is 0. The lowest BCUT2D eigenvalue weighted by Gasteiger charge is -2.49. The molecule has 4 heteroatoms. The van der Waals surface area contributed by atoms with Gasteiger partial charge in [-0.1, -0.05) is 30.2 Å². The van der Waals surface area contributed by atoms with Gasteiger partial charge in [0.2, 0.25) is 0 Å². The van der Waals surface area contributed by atoms with Crippen molar-refractivity contribution in [3.8, 4) is 5.75 Å². The molecule has 0 amide bonds. The number of likely N-dealkylation sites (tertiary alicyclic amines) is 1. The zero-order valence-electron chi connectivity index (χ0n) is 18.3. The van der Waals surface area contributed by atoms with Crippen LogP contribution in [0.25, 0.3) is 0 Å².